The van der Waals surface area contributed by atoms with Crippen molar-refractivity contribution in [2.45, 2.75) is 12.8 Å². The number of fused-ring (bicyclic) bond motifs is 1. The van der Waals surface area contributed by atoms with Gasteiger partial charge < -0.3 is 4.74 Å². The van der Waals surface area contributed by atoms with Crippen LogP contribution in [0.1, 0.15) is 11.3 Å². The van der Waals surface area contributed by atoms with Crippen LogP contribution in [0.2, 0.25) is 0 Å². The Bertz CT molecular complexity index is 758. The molecule has 0 fully saturated rings. The fourth-order valence-electron chi connectivity index (χ4n) is 1.99. The number of rotatable bonds is 3. The lowest BCUT2D eigenvalue weighted by Crippen LogP contribution is -1.93. The lowest BCUT2D eigenvalue weighted by molar-refractivity contribution is 0.475. The van der Waals surface area contributed by atoms with E-state index >= 15 is 0 Å². The fraction of sp³-hybridized carbons (Fsp3) is 0.125. The van der Waals surface area contributed by atoms with Crippen LogP contribution in [0.3, 0.4) is 0 Å². The Morgan fingerprint density at radius 3 is 2.80 bits per heavy atom. The third kappa shape index (κ3) is 2.58. The standard InChI is InChI=1S/C16H13ClN2O/c1-11-6-16(13(8-17)9-18-11)20-14-7-12-4-2-3-5-15(12)19-10-14/h2-7,9-10H,8H2,1H3. The van der Waals surface area contributed by atoms with E-state index in [1.165, 1.54) is 0 Å². The molecule has 20 heavy (non-hydrogen) atoms. The lowest BCUT2D eigenvalue weighted by Gasteiger charge is -2.10. The predicted molar refractivity (Wildman–Crippen MR) is 80.3 cm³/mol. The van der Waals surface area contributed by atoms with Gasteiger partial charge in [-0.15, -0.1) is 11.6 Å². The van der Waals surface area contributed by atoms with Crippen LogP contribution in [0.25, 0.3) is 10.9 Å². The summed E-state index contributed by atoms with van der Waals surface area (Å²) in [6.45, 7) is 1.92. The molecule has 0 radical (unpaired) electrons. The smallest absolute Gasteiger partial charge is 0.146 e. The van der Waals surface area contributed by atoms with Crippen molar-refractivity contribution in [3.8, 4) is 11.5 Å². The minimum absolute atomic E-state index is 0.365. The van der Waals surface area contributed by atoms with Crippen LogP contribution in [0, 0.1) is 6.92 Å². The summed E-state index contributed by atoms with van der Waals surface area (Å²) in [5.74, 6) is 1.79. The van der Waals surface area contributed by atoms with E-state index in [0.29, 0.717) is 11.6 Å². The van der Waals surface area contributed by atoms with Gasteiger partial charge in [-0.05, 0) is 19.1 Å². The molecule has 0 spiro atoms. The van der Waals surface area contributed by atoms with Crippen molar-refractivity contribution in [2.24, 2.45) is 0 Å². The quantitative estimate of drug-likeness (QED) is 0.666. The highest BCUT2D eigenvalue weighted by atomic mass is 35.5. The SMILES string of the molecule is Cc1cc(Oc2cnc3ccccc3c2)c(CCl)cn1. The first-order valence-electron chi connectivity index (χ1n) is 6.30. The Morgan fingerprint density at radius 1 is 1.10 bits per heavy atom. The number of alkyl halides is 1. The zero-order valence-electron chi connectivity index (χ0n) is 11.0. The van der Waals surface area contributed by atoms with Crippen LogP contribution < -0.4 is 4.74 Å². The molecule has 3 rings (SSSR count). The second-order valence-electron chi connectivity index (χ2n) is 4.53. The second-order valence-corrected chi connectivity index (χ2v) is 4.80. The first-order valence-corrected chi connectivity index (χ1v) is 6.84. The molecule has 3 nitrogen and oxygen atoms in total. The average molecular weight is 285 g/mol. The molecule has 100 valence electrons. The van der Waals surface area contributed by atoms with E-state index in [-0.39, 0.29) is 0 Å². The molecule has 0 aliphatic rings. The van der Waals surface area contributed by atoms with Gasteiger partial charge in [0.25, 0.3) is 0 Å². The van der Waals surface area contributed by atoms with Crippen molar-refractivity contribution < 1.29 is 4.74 Å². The van der Waals surface area contributed by atoms with Gasteiger partial charge in [-0.1, -0.05) is 18.2 Å². The number of hydrogen-bond donors (Lipinski definition) is 0. The summed E-state index contributed by atoms with van der Waals surface area (Å²) in [6.07, 6.45) is 3.46. The van der Waals surface area contributed by atoms with Gasteiger partial charge in [-0.3, -0.25) is 9.97 Å². The van der Waals surface area contributed by atoms with Crippen molar-refractivity contribution in [1.82, 2.24) is 9.97 Å². The van der Waals surface area contributed by atoms with Gasteiger partial charge >= 0.3 is 0 Å². The van der Waals surface area contributed by atoms with Crippen molar-refractivity contribution in [3.63, 3.8) is 0 Å². The number of halogens is 1. The summed E-state index contributed by atoms with van der Waals surface area (Å²) in [5.41, 5.74) is 2.70. The van der Waals surface area contributed by atoms with Gasteiger partial charge in [0.05, 0.1) is 17.6 Å². The molecule has 0 unspecified atom stereocenters. The number of ether oxygens (including phenoxy) is 1. The first kappa shape index (κ1) is 12.9. The third-order valence-corrected chi connectivity index (χ3v) is 3.31. The summed E-state index contributed by atoms with van der Waals surface area (Å²) in [5, 5.41) is 1.04. The number of benzene rings is 1. The van der Waals surface area contributed by atoms with Gasteiger partial charge in [0.1, 0.15) is 11.5 Å². The summed E-state index contributed by atoms with van der Waals surface area (Å²) in [6, 6.07) is 11.8. The van der Waals surface area contributed by atoms with E-state index in [0.717, 1.165) is 27.9 Å². The lowest BCUT2D eigenvalue weighted by atomic mass is 10.2. The number of aryl methyl sites for hydroxylation is 1. The number of aromatic nitrogens is 2. The summed E-state index contributed by atoms with van der Waals surface area (Å²) in [7, 11) is 0. The van der Waals surface area contributed by atoms with E-state index in [1.807, 2.05) is 43.3 Å². The monoisotopic (exact) mass is 284 g/mol. The van der Waals surface area contributed by atoms with Crippen LogP contribution >= 0.6 is 11.6 Å². The Labute approximate surface area is 122 Å². The summed E-state index contributed by atoms with van der Waals surface area (Å²) >= 11 is 5.91. The average Bonchev–Trinajstić information content (AvgIpc) is 2.47. The largest absolute Gasteiger partial charge is 0.455 e. The maximum atomic E-state index is 5.91. The van der Waals surface area contributed by atoms with Gasteiger partial charge in [0.15, 0.2) is 0 Å². The molecule has 0 atom stereocenters. The van der Waals surface area contributed by atoms with Crippen molar-refractivity contribution in [2.75, 3.05) is 0 Å². The highest BCUT2D eigenvalue weighted by molar-refractivity contribution is 6.17. The summed E-state index contributed by atoms with van der Waals surface area (Å²) < 4.78 is 5.90. The zero-order valence-corrected chi connectivity index (χ0v) is 11.8. The molecule has 0 saturated carbocycles. The van der Waals surface area contributed by atoms with Crippen LogP contribution in [0.15, 0.2) is 48.8 Å². The van der Waals surface area contributed by atoms with E-state index in [1.54, 1.807) is 12.4 Å². The minimum atomic E-state index is 0.365. The topological polar surface area (TPSA) is 35.0 Å². The first-order chi connectivity index (χ1) is 9.76. The van der Waals surface area contributed by atoms with Crippen LogP contribution in [-0.2, 0) is 5.88 Å². The van der Waals surface area contributed by atoms with Gasteiger partial charge in [-0.2, -0.15) is 0 Å². The predicted octanol–water partition coefficient (Wildman–Crippen LogP) is 4.47. The number of hydrogen-bond acceptors (Lipinski definition) is 3. The normalized spacial score (nSPS) is 10.7. The molecule has 4 heteroatoms. The highest BCUT2D eigenvalue weighted by Crippen LogP contribution is 2.28. The molecular weight excluding hydrogens is 272 g/mol. The number of para-hydroxylation sites is 1. The van der Waals surface area contributed by atoms with Crippen molar-refractivity contribution in [1.29, 1.82) is 0 Å². The Kier molecular flexibility index (Phi) is 3.52. The molecule has 3 aromatic rings. The van der Waals surface area contributed by atoms with Crippen LogP contribution in [0.4, 0.5) is 0 Å². The summed E-state index contributed by atoms with van der Waals surface area (Å²) in [4.78, 5) is 8.60. The molecule has 0 bridgehead atoms. The Hall–Kier alpha value is -2.13. The van der Waals surface area contributed by atoms with E-state index in [9.17, 15) is 0 Å². The van der Waals surface area contributed by atoms with Crippen LogP contribution in [0.5, 0.6) is 11.5 Å². The van der Waals surface area contributed by atoms with Gasteiger partial charge in [0.2, 0.25) is 0 Å². The Morgan fingerprint density at radius 2 is 1.95 bits per heavy atom. The molecule has 1 aromatic carbocycles. The van der Waals surface area contributed by atoms with E-state index in [2.05, 4.69) is 9.97 Å². The zero-order chi connectivity index (χ0) is 13.9. The van der Waals surface area contributed by atoms with Crippen molar-refractivity contribution in [3.05, 3.63) is 60.0 Å². The second kappa shape index (κ2) is 5.47. The van der Waals surface area contributed by atoms with E-state index in [4.69, 9.17) is 16.3 Å². The third-order valence-electron chi connectivity index (χ3n) is 3.02. The molecule has 0 aliphatic carbocycles. The molecule has 0 aliphatic heterocycles. The Balaban J connectivity index is 1.98. The maximum Gasteiger partial charge on any atom is 0.146 e. The number of nitrogens with zero attached hydrogens (tertiary/aromatic N) is 2. The number of pyridine rings is 2. The molecule has 0 saturated heterocycles. The van der Waals surface area contributed by atoms with Gasteiger partial charge in [0, 0.05) is 28.9 Å². The maximum absolute atomic E-state index is 5.91. The van der Waals surface area contributed by atoms with Crippen molar-refractivity contribution >= 4 is 22.5 Å². The molecular formula is C16H13ClN2O. The molecule has 0 N–H and O–H groups in total. The molecule has 2 heterocycles. The molecule has 0 amide bonds. The molecule has 2 aromatic heterocycles. The minimum Gasteiger partial charge on any atom is -0.455 e. The van der Waals surface area contributed by atoms with Crippen LogP contribution in [-0.4, -0.2) is 9.97 Å². The van der Waals surface area contributed by atoms with E-state index < -0.39 is 0 Å². The van der Waals surface area contributed by atoms with Gasteiger partial charge in [-0.25, -0.2) is 0 Å². The fourth-order valence-corrected chi connectivity index (χ4v) is 2.19. The highest BCUT2D eigenvalue weighted by Gasteiger charge is 2.06.